The molecule has 8 heteroatoms. The standard InChI is InChI=1S/C22H17F2N5O/c1-12(2)20-8-18(28-30-20)19-10-25-21-6-3-13(11-29(19)21)16-9-26-27-22(16)15-5-4-14(23)7-17(15)24/h3-12H,1-2H3,(H,26,27). The Labute approximate surface area is 170 Å². The predicted octanol–water partition coefficient (Wildman–Crippen LogP) is 5.45. The van der Waals surface area contributed by atoms with E-state index in [0.29, 0.717) is 17.0 Å². The Hall–Kier alpha value is -3.81. The van der Waals surface area contributed by atoms with E-state index < -0.39 is 11.6 Å². The summed E-state index contributed by atoms with van der Waals surface area (Å²) in [6.07, 6.45) is 5.23. The highest BCUT2D eigenvalue weighted by Crippen LogP contribution is 2.33. The number of pyridine rings is 1. The van der Waals surface area contributed by atoms with E-state index in [9.17, 15) is 8.78 Å². The maximum absolute atomic E-state index is 14.3. The van der Waals surface area contributed by atoms with Gasteiger partial charge in [0, 0.05) is 40.9 Å². The minimum atomic E-state index is -0.659. The summed E-state index contributed by atoms with van der Waals surface area (Å²) in [4.78, 5) is 4.43. The average Bonchev–Trinajstić information content (AvgIpc) is 3.46. The second-order valence-electron chi connectivity index (χ2n) is 7.34. The van der Waals surface area contributed by atoms with Crippen molar-refractivity contribution in [2.75, 3.05) is 0 Å². The van der Waals surface area contributed by atoms with E-state index >= 15 is 0 Å². The smallest absolute Gasteiger partial charge is 0.139 e. The Morgan fingerprint density at radius 2 is 1.90 bits per heavy atom. The van der Waals surface area contributed by atoms with Crippen molar-refractivity contribution in [3.05, 3.63) is 72.4 Å². The van der Waals surface area contributed by atoms with Crippen LogP contribution in [0.25, 0.3) is 39.4 Å². The average molecular weight is 405 g/mol. The van der Waals surface area contributed by atoms with Crippen molar-refractivity contribution in [3.63, 3.8) is 0 Å². The number of rotatable bonds is 4. The molecule has 5 aromatic rings. The fraction of sp³-hybridized carbons (Fsp3) is 0.136. The third-order valence-corrected chi connectivity index (χ3v) is 5.02. The number of fused-ring (bicyclic) bond motifs is 1. The van der Waals surface area contributed by atoms with Gasteiger partial charge in [-0.2, -0.15) is 5.10 Å². The van der Waals surface area contributed by atoms with Gasteiger partial charge in [0.1, 0.15) is 28.7 Å². The number of nitrogens with zero attached hydrogens (tertiary/aromatic N) is 4. The van der Waals surface area contributed by atoms with Crippen LogP contribution in [0.4, 0.5) is 8.78 Å². The van der Waals surface area contributed by atoms with Crippen LogP contribution >= 0.6 is 0 Å². The minimum Gasteiger partial charge on any atom is -0.360 e. The van der Waals surface area contributed by atoms with E-state index in [1.807, 2.05) is 42.6 Å². The molecule has 0 aliphatic carbocycles. The second-order valence-corrected chi connectivity index (χ2v) is 7.34. The van der Waals surface area contributed by atoms with Gasteiger partial charge in [0.15, 0.2) is 0 Å². The van der Waals surface area contributed by atoms with Crippen molar-refractivity contribution in [1.29, 1.82) is 0 Å². The monoisotopic (exact) mass is 405 g/mol. The van der Waals surface area contributed by atoms with E-state index in [0.717, 1.165) is 28.7 Å². The molecule has 5 rings (SSSR count). The van der Waals surface area contributed by atoms with E-state index in [-0.39, 0.29) is 11.5 Å². The zero-order valence-corrected chi connectivity index (χ0v) is 16.2. The largest absolute Gasteiger partial charge is 0.360 e. The minimum absolute atomic E-state index is 0.222. The molecule has 1 aromatic carbocycles. The Morgan fingerprint density at radius 3 is 2.67 bits per heavy atom. The molecule has 0 aliphatic rings. The van der Waals surface area contributed by atoms with Crippen LogP contribution in [0.15, 0.2) is 59.5 Å². The van der Waals surface area contributed by atoms with E-state index in [4.69, 9.17) is 4.52 Å². The quantitative estimate of drug-likeness (QED) is 0.432. The van der Waals surface area contributed by atoms with Gasteiger partial charge in [-0.15, -0.1) is 0 Å². The fourth-order valence-corrected chi connectivity index (χ4v) is 3.41. The highest BCUT2D eigenvalue weighted by atomic mass is 19.1. The van der Waals surface area contributed by atoms with Gasteiger partial charge in [0.25, 0.3) is 0 Å². The number of halogens is 2. The highest BCUT2D eigenvalue weighted by molar-refractivity contribution is 5.81. The number of aromatic nitrogens is 5. The van der Waals surface area contributed by atoms with Crippen LogP contribution in [-0.4, -0.2) is 24.7 Å². The molecule has 0 spiro atoms. The molecule has 0 fully saturated rings. The molecule has 0 saturated carbocycles. The van der Waals surface area contributed by atoms with Crippen molar-refractivity contribution < 1.29 is 13.3 Å². The van der Waals surface area contributed by atoms with Gasteiger partial charge in [0.05, 0.1) is 23.8 Å². The molecule has 0 bridgehead atoms. The van der Waals surface area contributed by atoms with Crippen LogP contribution in [-0.2, 0) is 0 Å². The molecule has 4 aromatic heterocycles. The van der Waals surface area contributed by atoms with Gasteiger partial charge < -0.3 is 4.52 Å². The Morgan fingerprint density at radius 1 is 1.03 bits per heavy atom. The lowest BCUT2D eigenvalue weighted by Gasteiger charge is -2.07. The van der Waals surface area contributed by atoms with Crippen LogP contribution in [0, 0.1) is 11.6 Å². The SMILES string of the molecule is CC(C)c1cc(-c2cnc3ccc(-c4cn[nH]c4-c4ccc(F)cc4F)cn23)no1. The summed E-state index contributed by atoms with van der Waals surface area (Å²) in [5, 5.41) is 11.1. The number of hydrogen-bond acceptors (Lipinski definition) is 4. The van der Waals surface area contributed by atoms with Gasteiger partial charge in [-0.25, -0.2) is 13.8 Å². The Bertz CT molecular complexity index is 1370. The van der Waals surface area contributed by atoms with Crippen molar-refractivity contribution in [1.82, 2.24) is 24.7 Å². The number of H-pyrrole nitrogens is 1. The molecule has 4 heterocycles. The molecular formula is C22H17F2N5O. The van der Waals surface area contributed by atoms with Crippen molar-refractivity contribution in [2.24, 2.45) is 0 Å². The van der Waals surface area contributed by atoms with E-state index in [1.165, 1.54) is 12.1 Å². The topological polar surface area (TPSA) is 72.0 Å². The fourth-order valence-electron chi connectivity index (χ4n) is 3.41. The summed E-state index contributed by atoms with van der Waals surface area (Å²) in [6, 6.07) is 9.11. The molecule has 0 amide bonds. The highest BCUT2D eigenvalue weighted by Gasteiger charge is 2.17. The van der Waals surface area contributed by atoms with Gasteiger partial charge in [0.2, 0.25) is 0 Å². The van der Waals surface area contributed by atoms with Crippen LogP contribution in [0.3, 0.4) is 0 Å². The third-order valence-electron chi connectivity index (χ3n) is 5.02. The maximum Gasteiger partial charge on any atom is 0.139 e. The second kappa shape index (κ2) is 6.91. The van der Waals surface area contributed by atoms with Crippen LogP contribution in [0.2, 0.25) is 0 Å². The first-order valence-electron chi connectivity index (χ1n) is 9.44. The molecule has 1 N–H and O–H groups in total. The summed E-state index contributed by atoms with van der Waals surface area (Å²) >= 11 is 0. The Balaban J connectivity index is 1.62. The lowest BCUT2D eigenvalue weighted by molar-refractivity contribution is 0.373. The Kier molecular flexibility index (Phi) is 4.20. The summed E-state index contributed by atoms with van der Waals surface area (Å²) in [6.45, 7) is 4.07. The molecule has 0 saturated heterocycles. The third kappa shape index (κ3) is 2.97. The molecule has 30 heavy (non-hydrogen) atoms. The number of benzene rings is 1. The van der Waals surface area contributed by atoms with Crippen LogP contribution in [0.5, 0.6) is 0 Å². The predicted molar refractivity (Wildman–Crippen MR) is 108 cm³/mol. The van der Waals surface area contributed by atoms with Gasteiger partial charge in [-0.3, -0.25) is 9.50 Å². The number of hydrogen-bond donors (Lipinski definition) is 1. The zero-order valence-electron chi connectivity index (χ0n) is 16.2. The van der Waals surface area contributed by atoms with E-state index in [2.05, 4.69) is 20.3 Å². The molecule has 0 atom stereocenters. The van der Waals surface area contributed by atoms with E-state index in [1.54, 1.807) is 12.4 Å². The van der Waals surface area contributed by atoms with Gasteiger partial charge >= 0.3 is 0 Å². The van der Waals surface area contributed by atoms with Crippen molar-refractivity contribution in [2.45, 2.75) is 19.8 Å². The maximum atomic E-state index is 14.3. The summed E-state index contributed by atoms with van der Waals surface area (Å²) in [7, 11) is 0. The van der Waals surface area contributed by atoms with Gasteiger partial charge in [-0.05, 0) is 24.3 Å². The molecule has 6 nitrogen and oxygen atoms in total. The molecule has 0 radical (unpaired) electrons. The van der Waals surface area contributed by atoms with Crippen LogP contribution < -0.4 is 0 Å². The molecule has 150 valence electrons. The molecular weight excluding hydrogens is 388 g/mol. The number of nitrogens with one attached hydrogen (secondary N) is 1. The first kappa shape index (κ1) is 18.2. The first-order valence-corrected chi connectivity index (χ1v) is 9.44. The summed E-state index contributed by atoms with van der Waals surface area (Å²) in [5.74, 6) is -0.274. The van der Waals surface area contributed by atoms with Crippen LogP contribution in [0.1, 0.15) is 25.5 Å². The first-order chi connectivity index (χ1) is 14.5. The number of aromatic amines is 1. The molecule has 0 aliphatic heterocycles. The van der Waals surface area contributed by atoms with Crippen molar-refractivity contribution in [3.8, 4) is 33.8 Å². The lowest BCUT2D eigenvalue weighted by atomic mass is 10.0. The summed E-state index contributed by atoms with van der Waals surface area (Å²) < 4.78 is 35.0. The molecule has 0 unspecified atom stereocenters. The number of imidazole rings is 1. The normalized spacial score (nSPS) is 11.6. The lowest BCUT2D eigenvalue weighted by Crippen LogP contribution is -1.92. The zero-order chi connectivity index (χ0) is 20.8. The van der Waals surface area contributed by atoms with Crippen molar-refractivity contribution >= 4 is 5.65 Å². The summed E-state index contributed by atoms with van der Waals surface area (Å²) in [5.41, 5.74) is 4.39. The van der Waals surface area contributed by atoms with Gasteiger partial charge in [-0.1, -0.05) is 19.0 Å².